The summed E-state index contributed by atoms with van der Waals surface area (Å²) >= 11 is 0. The topological polar surface area (TPSA) is 93.1 Å². The van der Waals surface area contributed by atoms with Gasteiger partial charge in [0.15, 0.2) is 0 Å². The second-order valence-corrected chi connectivity index (χ2v) is 7.00. The molecule has 2 aromatic rings. The molecule has 1 heterocycles. The number of benzene rings is 1. The second kappa shape index (κ2) is 11.1. The van der Waals surface area contributed by atoms with E-state index in [0.29, 0.717) is 23.5 Å². The average Bonchev–Trinajstić information content (AvgIpc) is 2.72. The number of amides is 1. The quantitative estimate of drug-likeness (QED) is 0.345. The van der Waals surface area contributed by atoms with Crippen LogP contribution in [0.4, 0.5) is 30.4 Å². The minimum absolute atomic E-state index is 0.0186. The molecule has 1 aromatic heterocycles. The smallest absolute Gasteiger partial charge is 0.394 e. The number of hydrogen-bond donors (Lipinski definition) is 4. The lowest BCUT2D eigenvalue weighted by atomic mass is 10.1. The molecule has 0 spiro atoms. The van der Waals surface area contributed by atoms with Crippen molar-refractivity contribution in [2.45, 2.75) is 6.18 Å². The molecule has 0 atom stereocenters. The summed E-state index contributed by atoms with van der Waals surface area (Å²) in [6.45, 7) is 0.602. The van der Waals surface area contributed by atoms with Crippen LogP contribution in [-0.2, 0) is 11.0 Å². The molecule has 170 valence electrons. The average molecular weight is 446 g/mol. The molecule has 2 rings (SSSR count). The first kappa shape index (κ1) is 24.6. The SMILES string of the molecule is CN/C=C\C(=N)c1cc(NC(=O)/C=C/CN(C)C)ccc1Nc1cc(C(F)(F)F)ccn1. The lowest BCUT2D eigenvalue weighted by Crippen LogP contribution is -2.13. The molecule has 7 nitrogen and oxygen atoms in total. The van der Waals surface area contributed by atoms with Crippen LogP contribution in [0.15, 0.2) is 61.0 Å². The Morgan fingerprint density at radius 3 is 2.59 bits per heavy atom. The van der Waals surface area contributed by atoms with E-state index in [1.165, 1.54) is 12.2 Å². The Labute approximate surface area is 184 Å². The third kappa shape index (κ3) is 7.55. The van der Waals surface area contributed by atoms with Gasteiger partial charge in [0.2, 0.25) is 5.91 Å². The first-order valence-electron chi connectivity index (χ1n) is 9.59. The second-order valence-electron chi connectivity index (χ2n) is 7.00. The van der Waals surface area contributed by atoms with Crippen molar-refractivity contribution in [1.29, 1.82) is 5.41 Å². The van der Waals surface area contributed by atoms with Gasteiger partial charge in [-0.1, -0.05) is 6.08 Å². The van der Waals surface area contributed by atoms with E-state index in [-0.39, 0.29) is 17.4 Å². The molecule has 10 heteroatoms. The van der Waals surface area contributed by atoms with Crippen LogP contribution in [0, 0.1) is 5.41 Å². The molecular formula is C22H25F3N6O. The molecule has 0 bridgehead atoms. The zero-order chi connectivity index (χ0) is 23.7. The Hall–Kier alpha value is -3.66. The van der Waals surface area contributed by atoms with E-state index in [9.17, 15) is 18.0 Å². The number of allylic oxidation sites excluding steroid dienone is 1. The summed E-state index contributed by atoms with van der Waals surface area (Å²) in [6, 6.07) is 6.49. The molecule has 4 N–H and O–H groups in total. The zero-order valence-electron chi connectivity index (χ0n) is 17.9. The molecule has 0 saturated carbocycles. The van der Waals surface area contributed by atoms with Gasteiger partial charge >= 0.3 is 6.18 Å². The van der Waals surface area contributed by atoms with Gasteiger partial charge in [0.05, 0.1) is 11.3 Å². The third-order valence-electron chi connectivity index (χ3n) is 4.08. The number of halogens is 3. The largest absolute Gasteiger partial charge is 0.416 e. The number of nitrogens with one attached hydrogen (secondary N) is 4. The highest BCUT2D eigenvalue weighted by Gasteiger charge is 2.30. The maximum atomic E-state index is 13.0. The van der Waals surface area contributed by atoms with E-state index >= 15 is 0 Å². The number of carbonyl (C=O) groups is 1. The van der Waals surface area contributed by atoms with Gasteiger partial charge in [0.25, 0.3) is 0 Å². The fourth-order valence-corrected chi connectivity index (χ4v) is 2.58. The van der Waals surface area contributed by atoms with E-state index in [2.05, 4.69) is 20.9 Å². The molecular weight excluding hydrogens is 421 g/mol. The third-order valence-corrected chi connectivity index (χ3v) is 4.08. The van der Waals surface area contributed by atoms with Crippen molar-refractivity contribution in [2.24, 2.45) is 0 Å². The molecule has 32 heavy (non-hydrogen) atoms. The molecule has 0 aliphatic carbocycles. The normalized spacial score (nSPS) is 11.8. The number of pyridine rings is 1. The maximum Gasteiger partial charge on any atom is 0.416 e. The van der Waals surface area contributed by atoms with Gasteiger partial charge in [-0.3, -0.25) is 4.79 Å². The number of anilines is 3. The van der Waals surface area contributed by atoms with E-state index in [1.54, 1.807) is 37.5 Å². The monoisotopic (exact) mass is 446 g/mol. The summed E-state index contributed by atoms with van der Waals surface area (Å²) in [5.74, 6) is -0.356. The van der Waals surface area contributed by atoms with Gasteiger partial charge in [-0.05, 0) is 56.7 Å². The number of carbonyl (C=O) groups excluding carboxylic acids is 1. The van der Waals surface area contributed by atoms with Crippen LogP contribution >= 0.6 is 0 Å². The summed E-state index contributed by atoms with van der Waals surface area (Å²) in [7, 11) is 5.43. The highest BCUT2D eigenvalue weighted by Crippen LogP contribution is 2.31. The Kier molecular flexibility index (Phi) is 8.54. The van der Waals surface area contributed by atoms with Crippen molar-refractivity contribution in [3.8, 4) is 0 Å². The lowest BCUT2D eigenvalue weighted by Gasteiger charge is -2.14. The number of alkyl halides is 3. The molecule has 0 aliphatic heterocycles. The number of hydrogen-bond acceptors (Lipinski definition) is 6. The summed E-state index contributed by atoms with van der Waals surface area (Å²) in [5, 5.41) is 16.6. The highest BCUT2D eigenvalue weighted by molar-refractivity contribution is 6.11. The fraction of sp³-hybridized carbons (Fsp3) is 0.227. The zero-order valence-corrected chi connectivity index (χ0v) is 17.9. The van der Waals surface area contributed by atoms with Gasteiger partial charge in [-0.2, -0.15) is 13.2 Å². The molecule has 1 amide bonds. The molecule has 0 unspecified atom stereocenters. The number of rotatable bonds is 9. The van der Waals surface area contributed by atoms with Gasteiger partial charge in [0, 0.05) is 42.8 Å². The van der Waals surface area contributed by atoms with Gasteiger partial charge in [0.1, 0.15) is 5.82 Å². The Morgan fingerprint density at radius 2 is 1.94 bits per heavy atom. The van der Waals surface area contributed by atoms with Crippen molar-refractivity contribution in [3.63, 3.8) is 0 Å². The molecule has 0 saturated heterocycles. The summed E-state index contributed by atoms with van der Waals surface area (Å²) in [6.07, 6.45) is 2.71. The first-order valence-corrected chi connectivity index (χ1v) is 9.59. The van der Waals surface area contributed by atoms with E-state index in [1.807, 2.05) is 19.0 Å². The van der Waals surface area contributed by atoms with Crippen LogP contribution < -0.4 is 16.0 Å². The van der Waals surface area contributed by atoms with Gasteiger partial charge in [-0.25, -0.2) is 4.98 Å². The standard InChI is InChI=1S/C22H25F3N6O/c1-27-10-9-18(26)17-14-16(29-21(32)5-4-12-31(2)3)6-7-19(17)30-20-13-15(8-11-28-20)22(23,24)25/h4-11,13-14,26-27H,12H2,1-3H3,(H,28,30)(H,29,32)/b5-4+,10-9-,26-18?. The Morgan fingerprint density at radius 1 is 1.19 bits per heavy atom. The molecule has 1 aromatic carbocycles. The van der Waals surface area contributed by atoms with Crippen molar-refractivity contribution < 1.29 is 18.0 Å². The molecule has 0 fully saturated rings. The number of nitrogens with zero attached hydrogens (tertiary/aromatic N) is 2. The summed E-state index contributed by atoms with van der Waals surface area (Å²) in [4.78, 5) is 18.0. The van der Waals surface area contributed by atoms with Crippen LogP contribution in [0.3, 0.4) is 0 Å². The van der Waals surface area contributed by atoms with E-state index < -0.39 is 11.7 Å². The van der Waals surface area contributed by atoms with Crippen LogP contribution in [0.25, 0.3) is 0 Å². The van der Waals surface area contributed by atoms with Crippen LogP contribution in [0.5, 0.6) is 0 Å². The van der Waals surface area contributed by atoms with E-state index in [4.69, 9.17) is 5.41 Å². The Bertz CT molecular complexity index is 1010. The summed E-state index contributed by atoms with van der Waals surface area (Å²) in [5.41, 5.74) is 0.405. The highest BCUT2D eigenvalue weighted by atomic mass is 19.4. The predicted molar refractivity (Wildman–Crippen MR) is 120 cm³/mol. The van der Waals surface area contributed by atoms with Gasteiger partial charge in [-0.15, -0.1) is 0 Å². The fourth-order valence-electron chi connectivity index (χ4n) is 2.58. The molecule has 0 radical (unpaired) electrons. The van der Waals surface area contributed by atoms with Crippen molar-refractivity contribution in [3.05, 3.63) is 72.1 Å². The lowest BCUT2D eigenvalue weighted by molar-refractivity contribution is -0.137. The number of likely N-dealkylation sites (N-methyl/N-ethyl adjacent to an activating group) is 1. The van der Waals surface area contributed by atoms with E-state index in [0.717, 1.165) is 18.3 Å². The van der Waals surface area contributed by atoms with Gasteiger partial charge < -0.3 is 26.3 Å². The van der Waals surface area contributed by atoms with Crippen molar-refractivity contribution >= 4 is 28.8 Å². The van der Waals surface area contributed by atoms with Crippen LogP contribution in [-0.4, -0.2) is 49.2 Å². The first-order chi connectivity index (χ1) is 15.1. The van der Waals surface area contributed by atoms with Crippen molar-refractivity contribution in [1.82, 2.24) is 15.2 Å². The minimum Gasteiger partial charge on any atom is -0.394 e. The summed E-state index contributed by atoms with van der Waals surface area (Å²) < 4.78 is 39.0. The van der Waals surface area contributed by atoms with Crippen LogP contribution in [0.2, 0.25) is 0 Å². The Balaban J connectivity index is 2.32. The minimum atomic E-state index is -4.50. The number of aromatic nitrogens is 1. The molecule has 0 aliphatic rings. The predicted octanol–water partition coefficient (Wildman–Crippen LogP) is 4.00. The van der Waals surface area contributed by atoms with Crippen LogP contribution in [0.1, 0.15) is 11.1 Å². The maximum absolute atomic E-state index is 13.0. The van der Waals surface area contributed by atoms with Crippen molar-refractivity contribution in [2.75, 3.05) is 38.3 Å².